The minimum atomic E-state index is -0.339. The third kappa shape index (κ3) is 3.49. The Bertz CT molecular complexity index is 655. The molecule has 2 aliphatic heterocycles. The van der Waals surface area contributed by atoms with E-state index in [0.29, 0.717) is 11.5 Å². The van der Waals surface area contributed by atoms with Gasteiger partial charge in [0.05, 0.1) is 0 Å². The summed E-state index contributed by atoms with van der Waals surface area (Å²) in [5, 5.41) is 3.10. The van der Waals surface area contributed by atoms with E-state index in [0.717, 1.165) is 38.5 Å². The van der Waals surface area contributed by atoms with Crippen molar-refractivity contribution < 1.29 is 14.0 Å². The van der Waals surface area contributed by atoms with Gasteiger partial charge >= 0.3 is 0 Å². The van der Waals surface area contributed by atoms with Crippen LogP contribution in [0.2, 0.25) is 0 Å². The molecule has 0 aromatic heterocycles. The molecule has 3 fully saturated rings. The number of hydrogen-bond acceptors (Lipinski definition) is 2. The van der Waals surface area contributed by atoms with Gasteiger partial charge in [-0.1, -0.05) is 19.3 Å². The van der Waals surface area contributed by atoms with Gasteiger partial charge in [-0.15, -0.1) is 0 Å². The van der Waals surface area contributed by atoms with E-state index < -0.39 is 0 Å². The van der Waals surface area contributed by atoms with Crippen molar-refractivity contribution in [3.05, 3.63) is 35.6 Å². The highest BCUT2D eigenvalue weighted by molar-refractivity contribution is 5.94. The number of fused-ring (bicyclic) bond motifs is 2. The van der Waals surface area contributed by atoms with Crippen LogP contribution in [0.4, 0.5) is 4.39 Å². The normalized spacial score (nSPS) is 28.8. The predicted molar refractivity (Wildman–Crippen MR) is 97.1 cm³/mol. The highest BCUT2D eigenvalue weighted by atomic mass is 19.1. The quantitative estimate of drug-likeness (QED) is 0.896. The van der Waals surface area contributed by atoms with Crippen LogP contribution in [0, 0.1) is 11.7 Å². The van der Waals surface area contributed by atoms with E-state index in [-0.39, 0.29) is 35.8 Å². The zero-order valence-corrected chi connectivity index (χ0v) is 15.1. The molecule has 1 aromatic rings. The molecule has 2 amide bonds. The summed E-state index contributed by atoms with van der Waals surface area (Å²) in [5.41, 5.74) is 0.486. The lowest BCUT2D eigenvalue weighted by molar-refractivity contribution is -0.141. The van der Waals surface area contributed by atoms with Crippen LogP contribution in [-0.4, -0.2) is 34.8 Å². The number of rotatable bonds is 3. The van der Waals surface area contributed by atoms with E-state index in [1.165, 1.54) is 43.5 Å². The Hall–Kier alpha value is -1.91. The van der Waals surface area contributed by atoms with Crippen LogP contribution in [0.3, 0.4) is 0 Å². The molecule has 1 saturated carbocycles. The summed E-state index contributed by atoms with van der Waals surface area (Å²) in [6.07, 6.45) is 9.46. The molecule has 2 saturated heterocycles. The number of carbonyl (C=O) groups is 2. The zero-order valence-electron chi connectivity index (χ0n) is 15.1. The van der Waals surface area contributed by atoms with E-state index in [1.54, 1.807) is 0 Å². The third-order valence-electron chi connectivity index (χ3n) is 6.38. The molecule has 4 nitrogen and oxygen atoms in total. The first-order valence-corrected chi connectivity index (χ1v) is 10.0. The lowest BCUT2D eigenvalue weighted by Gasteiger charge is -2.41. The smallest absolute Gasteiger partial charge is 0.251 e. The second-order valence-electron chi connectivity index (χ2n) is 8.11. The van der Waals surface area contributed by atoms with Gasteiger partial charge in [-0.2, -0.15) is 0 Å². The lowest BCUT2D eigenvalue weighted by Crippen LogP contribution is -2.54. The van der Waals surface area contributed by atoms with Crippen LogP contribution < -0.4 is 5.32 Å². The molecule has 5 heteroatoms. The van der Waals surface area contributed by atoms with Crippen LogP contribution in [-0.2, 0) is 4.79 Å². The van der Waals surface area contributed by atoms with Crippen molar-refractivity contribution in [2.75, 3.05) is 0 Å². The van der Waals surface area contributed by atoms with Crippen molar-refractivity contribution in [3.8, 4) is 0 Å². The Labute approximate surface area is 154 Å². The van der Waals surface area contributed by atoms with Crippen LogP contribution in [0.25, 0.3) is 0 Å². The Balaban J connectivity index is 1.37. The fraction of sp³-hybridized carbons (Fsp3) is 0.619. The van der Waals surface area contributed by atoms with Gasteiger partial charge < -0.3 is 10.2 Å². The lowest BCUT2D eigenvalue weighted by atomic mass is 9.86. The Morgan fingerprint density at radius 2 is 1.54 bits per heavy atom. The van der Waals surface area contributed by atoms with E-state index >= 15 is 0 Å². The fourth-order valence-corrected chi connectivity index (χ4v) is 5.09. The van der Waals surface area contributed by atoms with Gasteiger partial charge in [0.2, 0.25) is 5.91 Å². The van der Waals surface area contributed by atoms with Gasteiger partial charge in [0.25, 0.3) is 5.91 Å². The molecule has 26 heavy (non-hydrogen) atoms. The second kappa shape index (κ2) is 7.37. The standard InChI is InChI=1S/C21H27FN2O2/c22-16-8-6-14(7-9-16)20(25)23-17-12-18-10-11-19(13-17)24(18)21(26)15-4-2-1-3-5-15/h6-9,15,17-19H,1-5,10-13H2,(H,23,25). The summed E-state index contributed by atoms with van der Waals surface area (Å²) < 4.78 is 13.0. The molecule has 140 valence electrons. The summed E-state index contributed by atoms with van der Waals surface area (Å²) in [5.74, 6) is 0.0910. The van der Waals surface area contributed by atoms with E-state index in [1.807, 2.05) is 0 Å². The monoisotopic (exact) mass is 358 g/mol. The molecule has 3 aliphatic rings. The van der Waals surface area contributed by atoms with E-state index in [4.69, 9.17) is 0 Å². The first-order valence-electron chi connectivity index (χ1n) is 10.0. The van der Waals surface area contributed by atoms with E-state index in [2.05, 4.69) is 10.2 Å². The Kier molecular flexibility index (Phi) is 4.96. The van der Waals surface area contributed by atoms with Gasteiger partial charge in [0.1, 0.15) is 5.82 Å². The largest absolute Gasteiger partial charge is 0.349 e. The topological polar surface area (TPSA) is 49.4 Å². The van der Waals surface area contributed by atoms with E-state index in [9.17, 15) is 14.0 Å². The highest BCUT2D eigenvalue weighted by Gasteiger charge is 2.45. The Morgan fingerprint density at radius 3 is 2.15 bits per heavy atom. The molecule has 2 bridgehead atoms. The molecule has 1 aromatic carbocycles. The van der Waals surface area contributed by atoms with Gasteiger partial charge in [-0.3, -0.25) is 9.59 Å². The number of carbonyl (C=O) groups excluding carboxylic acids is 2. The van der Waals surface area contributed by atoms with Crippen molar-refractivity contribution in [2.24, 2.45) is 5.92 Å². The van der Waals surface area contributed by atoms with Crippen LogP contribution in [0.1, 0.15) is 68.1 Å². The second-order valence-corrected chi connectivity index (χ2v) is 8.11. The molecule has 4 rings (SSSR count). The van der Waals surface area contributed by atoms with Crippen LogP contribution in [0.5, 0.6) is 0 Å². The average molecular weight is 358 g/mol. The van der Waals surface area contributed by atoms with Gasteiger partial charge in [-0.05, 0) is 62.8 Å². The summed E-state index contributed by atoms with van der Waals surface area (Å²) in [6.45, 7) is 0. The minimum absolute atomic E-state index is 0.0976. The number of benzene rings is 1. The summed E-state index contributed by atoms with van der Waals surface area (Å²) >= 11 is 0. The summed E-state index contributed by atoms with van der Waals surface area (Å²) in [4.78, 5) is 27.6. The number of nitrogens with zero attached hydrogens (tertiary/aromatic N) is 1. The van der Waals surface area contributed by atoms with Crippen LogP contribution >= 0.6 is 0 Å². The third-order valence-corrected chi connectivity index (χ3v) is 6.38. The molecule has 1 N–H and O–H groups in total. The first kappa shape index (κ1) is 17.5. The Morgan fingerprint density at radius 1 is 0.923 bits per heavy atom. The summed E-state index contributed by atoms with van der Waals surface area (Å²) in [7, 11) is 0. The fourth-order valence-electron chi connectivity index (χ4n) is 5.09. The maximum atomic E-state index is 13.0. The first-order chi connectivity index (χ1) is 12.6. The van der Waals surface area contributed by atoms with Gasteiger partial charge in [0.15, 0.2) is 0 Å². The predicted octanol–water partition coefficient (Wildman–Crippen LogP) is 3.66. The number of halogens is 1. The number of hydrogen-bond donors (Lipinski definition) is 1. The molecule has 2 unspecified atom stereocenters. The highest BCUT2D eigenvalue weighted by Crippen LogP contribution is 2.38. The van der Waals surface area contributed by atoms with Crippen LogP contribution in [0.15, 0.2) is 24.3 Å². The summed E-state index contributed by atoms with van der Waals surface area (Å²) in [6, 6.07) is 6.28. The van der Waals surface area contributed by atoms with Crippen molar-refractivity contribution in [1.29, 1.82) is 0 Å². The maximum Gasteiger partial charge on any atom is 0.251 e. The van der Waals surface area contributed by atoms with Gasteiger partial charge in [-0.25, -0.2) is 4.39 Å². The molecule has 0 radical (unpaired) electrons. The van der Waals surface area contributed by atoms with Crippen molar-refractivity contribution in [3.63, 3.8) is 0 Å². The molecule has 2 heterocycles. The molecule has 2 atom stereocenters. The molecule has 1 aliphatic carbocycles. The molecular weight excluding hydrogens is 331 g/mol. The van der Waals surface area contributed by atoms with Crippen molar-refractivity contribution in [2.45, 2.75) is 75.9 Å². The molecular formula is C21H27FN2O2. The number of nitrogens with one attached hydrogen (secondary N) is 1. The number of piperidine rings is 1. The molecule has 0 spiro atoms. The maximum absolute atomic E-state index is 13.0. The average Bonchev–Trinajstić information content (AvgIpc) is 2.93. The van der Waals surface area contributed by atoms with Crippen molar-refractivity contribution in [1.82, 2.24) is 10.2 Å². The SMILES string of the molecule is O=C(NC1CC2CCC(C1)N2C(=O)C1CCCCC1)c1ccc(F)cc1. The van der Waals surface area contributed by atoms with Gasteiger partial charge in [0, 0.05) is 29.6 Å². The zero-order chi connectivity index (χ0) is 18.1. The van der Waals surface area contributed by atoms with Crippen molar-refractivity contribution >= 4 is 11.8 Å². The minimum Gasteiger partial charge on any atom is -0.349 e. The number of amides is 2.